The van der Waals surface area contributed by atoms with Gasteiger partial charge in [0, 0.05) is 22.7 Å². The van der Waals surface area contributed by atoms with Crippen LogP contribution >= 0.6 is 11.6 Å². The predicted molar refractivity (Wildman–Crippen MR) is 96.4 cm³/mol. The molecule has 0 unspecified atom stereocenters. The normalized spacial score (nSPS) is 10.7. The van der Waals surface area contributed by atoms with Crippen LogP contribution in [-0.4, -0.2) is 26.2 Å². The summed E-state index contributed by atoms with van der Waals surface area (Å²) in [6.07, 6.45) is 4.20. The van der Waals surface area contributed by atoms with Crippen molar-refractivity contribution in [1.29, 1.82) is 0 Å². The van der Waals surface area contributed by atoms with E-state index in [4.69, 9.17) is 25.8 Å². The first-order chi connectivity index (χ1) is 11.3. The highest BCUT2D eigenvalue weighted by Gasteiger charge is 2.14. The van der Waals surface area contributed by atoms with Gasteiger partial charge in [-0.05, 0) is 12.8 Å². The summed E-state index contributed by atoms with van der Waals surface area (Å²) in [5.74, 6) is 2.90. The number of hydrogen-bond acceptors (Lipinski definition) is 3. The van der Waals surface area contributed by atoms with Gasteiger partial charge < -0.3 is 14.2 Å². The number of unbranched alkanes of at least 4 members (excludes halogenated alkanes) is 2. The molecule has 0 N–H and O–H groups in total. The Bertz CT molecular complexity index is 613. The Kier molecular flexibility index (Phi) is 7.34. The zero-order valence-electron chi connectivity index (χ0n) is 13.9. The molecule has 0 aromatic heterocycles. The quantitative estimate of drug-likeness (QED) is 0.428. The fourth-order valence-corrected chi connectivity index (χ4v) is 2.58. The lowest BCUT2D eigenvalue weighted by Crippen LogP contribution is -2.03. The molecule has 0 fully saturated rings. The van der Waals surface area contributed by atoms with Crippen LogP contribution in [-0.2, 0) is 0 Å². The maximum absolute atomic E-state index is 6.02. The van der Waals surface area contributed by atoms with Crippen LogP contribution in [0.15, 0.2) is 30.3 Å². The number of alkyl halides is 1. The lowest BCUT2D eigenvalue weighted by Gasteiger charge is -2.17. The van der Waals surface area contributed by atoms with Crippen LogP contribution in [0.1, 0.15) is 32.6 Å². The van der Waals surface area contributed by atoms with Gasteiger partial charge in [-0.2, -0.15) is 0 Å². The van der Waals surface area contributed by atoms with Gasteiger partial charge in [0.15, 0.2) is 11.5 Å². The minimum atomic E-state index is 0.591. The summed E-state index contributed by atoms with van der Waals surface area (Å²) in [5.41, 5.74) is 0. The van der Waals surface area contributed by atoms with E-state index in [2.05, 4.69) is 6.92 Å². The molecule has 0 bridgehead atoms. The Balaban J connectivity index is 2.32. The molecule has 0 spiro atoms. The number of halogens is 1. The van der Waals surface area contributed by atoms with Gasteiger partial charge in [-0.1, -0.05) is 44.0 Å². The van der Waals surface area contributed by atoms with E-state index in [9.17, 15) is 0 Å². The summed E-state index contributed by atoms with van der Waals surface area (Å²) in [6.45, 7) is 3.47. The number of methoxy groups -OCH3 is 1. The van der Waals surface area contributed by atoms with Crippen LogP contribution in [0.3, 0.4) is 0 Å². The van der Waals surface area contributed by atoms with E-state index >= 15 is 0 Å². The molecule has 2 rings (SSSR count). The fraction of sp³-hybridized carbons (Fsp3) is 0.474. The topological polar surface area (TPSA) is 27.7 Å². The molecule has 0 aliphatic carbocycles. The average molecular weight is 337 g/mol. The van der Waals surface area contributed by atoms with E-state index in [1.54, 1.807) is 7.11 Å². The lowest BCUT2D eigenvalue weighted by molar-refractivity contribution is 0.286. The smallest absolute Gasteiger partial charge is 0.169 e. The van der Waals surface area contributed by atoms with Gasteiger partial charge in [0.05, 0.1) is 20.3 Å². The van der Waals surface area contributed by atoms with Crippen LogP contribution in [0.2, 0.25) is 0 Å². The third kappa shape index (κ3) is 4.68. The Morgan fingerprint density at radius 3 is 2.35 bits per heavy atom. The van der Waals surface area contributed by atoms with E-state index in [1.165, 1.54) is 12.8 Å². The lowest BCUT2D eigenvalue weighted by atomic mass is 10.1. The molecule has 0 saturated heterocycles. The highest BCUT2D eigenvalue weighted by atomic mass is 35.5. The highest BCUT2D eigenvalue weighted by molar-refractivity contribution is 6.17. The van der Waals surface area contributed by atoms with Crippen molar-refractivity contribution in [3.05, 3.63) is 30.3 Å². The van der Waals surface area contributed by atoms with Gasteiger partial charge in [-0.15, -0.1) is 11.6 Å². The SMILES string of the molecule is CCCCCOc1c(OC)cc(OCCCCl)c2ccccc12. The summed E-state index contributed by atoms with van der Waals surface area (Å²) < 4.78 is 17.4. The van der Waals surface area contributed by atoms with E-state index in [-0.39, 0.29) is 0 Å². The zero-order valence-corrected chi connectivity index (χ0v) is 14.7. The molecule has 0 radical (unpaired) electrons. The molecule has 3 nitrogen and oxygen atoms in total. The molecule has 126 valence electrons. The Labute approximate surface area is 143 Å². The molecular formula is C19H25ClO3. The minimum Gasteiger partial charge on any atom is -0.493 e. The van der Waals surface area contributed by atoms with E-state index < -0.39 is 0 Å². The Hall–Kier alpha value is -1.61. The number of rotatable bonds is 10. The Morgan fingerprint density at radius 1 is 0.913 bits per heavy atom. The third-order valence-electron chi connectivity index (χ3n) is 3.67. The standard InChI is InChI=1S/C19H25ClO3/c1-3-4-7-12-23-19-16-10-6-5-9-15(16)17(14-18(19)21-2)22-13-8-11-20/h5-6,9-10,14H,3-4,7-8,11-13H2,1-2H3. The first-order valence-corrected chi connectivity index (χ1v) is 8.76. The number of fused-ring (bicyclic) bond motifs is 1. The summed E-state index contributed by atoms with van der Waals surface area (Å²) in [7, 11) is 1.66. The molecule has 2 aromatic carbocycles. The minimum absolute atomic E-state index is 0.591. The summed E-state index contributed by atoms with van der Waals surface area (Å²) in [5, 5.41) is 2.05. The summed E-state index contributed by atoms with van der Waals surface area (Å²) >= 11 is 5.73. The largest absolute Gasteiger partial charge is 0.493 e. The molecule has 0 atom stereocenters. The van der Waals surface area contributed by atoms with E-state index in [0.717, 1.165) is 35.1 Å². The van der Waals surface area contributed by atoms with Crippen LogP contribution < -0.4 is 14.2 Å². The fourth-order valence-electron chi connectivity index (χ4n) is 2.47. The van der Waals surface area contributed by atoms with Crippen molar-refractivity contribution in [2.75, 3.05) is 26.2 Å². The van der Waals surface area contributed by atoms with Crippen molar-refractivity contribution in [2.45, 2.75) is 32.6 Å². The molecule has 23 heavy (non-hydrogen) atoms. The monoisotopic (exact) mass is 336 g/mol. The Morgan fingerprint density at radius 2 is 1.65 bits per heavy atom. The van der Waals surface area contributed by atoms with Crippen LogP contribution in [0.4, 0.5) is 0 Å². The third-order valence-corrected chi connectivity index (χ3v) is 3.94. The molecule has 0 amide bonds. The predicted octanol–water partition coefficient (Wildman–Crippen LogP) is 5.43. The molecule has 0 aliphatic heterocycles. The maximum Gasteiger partial charge on any atom is 0.169 e. The van der Waals surface area contributed by atoms with Gasteiger partial charge in [-0.3, -0.25) is 0 Å². The van der Waals surface area contributed by atoms with Crippen LogP contribution in [0.5, 0.6) is 17.2 Å². The zero-order chi connectivity index (χ0) is 16.5. The second-order valence-electron chi connectivity index (χ2n) is 5.40. The molecular weight excluding hydrogens is 312 g/mol. The van der Waals surface area contributed by atoms with Gasteiger partial charge in [-0.25, -0.2) is 0 Å². The first kappa shape index (κ1) is 17.7. The highest BCUT2D eigenvalue weighted by Crippen LogP contribution is 2.41. The second kappa shape index (κ2) is 9.51. The number of ether oxygens (including phenoxy) is 3. The van der Waals surface area contributed by atoms with Crippen molar-refractivity contribution in [3.63, 3.8) is 0 Å². The summed E-state index contributed by atoms with van der Waals surface area (Å²) in [6, 6.07) is 10.0. The number of hydrogen-bond donors (Lipinski definition) is 0. The van der Waals surface area contributed by atoms with E-state index in [1.807, 2.05) is 30.3 Å². The molecule has 0 saturated carbocycles. The second-order valence-corrected chi connectivity index (χ2v) is 5.78. The first-order valence-electron chi connectivity index (χ1n) is 8.23. The molecule has 0 heterocycles. The van der Waals surface area contributed by atoms with Crippen molar-refractivity contribution in [1.82, 2.24) is 0 Å². The van der Waals surface area contributed by atoms with Crippen LogP contribution in [0.25, 0.3) is 10.8 Å². The van der Waals surface area contributed by atoms with Gasteiger partial charge in [0.1, 0.15) is 5.75 Å². The van der Waals surface area contributed by atoms with Crippen molar-refractivity contribution >= 4 is 22.4 Å². The molecule has 2 aromatic rings. The van der Waals surface area contributed by atoms with Gasteiger partial charge in [0.2, 0.25) is 0 Å². The van der Waals surface area contributed by atoms with E-state index in [0.29, 0.717) is 24.8 Å². The van der Waals surface area contributed by atoms with Crippen molar-refractivity contribution < 1.29 is 14.2 Å². The van der Waals surface area contributed by atoms with Crippen LogP contribution in [0, 0.1) is 0 Å². The number of benzene rings is 2. The van der Waals surface area contributed by atoms with Crippen molar-refractivity contribution in [3.8, 4) is 17.2 Å². The summed E-state index contributed by atoms with van der Waals surface area (Å²) in [4.78, 5) is 0. The average Bonchev–Trinajstić information content (AvgIpc) is 2.59. The maximum atomic E-state index is 6.02. The van der Waals surface area contributed by atoms with Gasteiger partial charge in [0.25, 0.3) is 0 Å². The van der Waals surface area contributed by atoms with Gasteiger partial charge >= 0.3 is 0 Å². The molecule has 4 heteroatoms. The molecule has 0 aliphatic rings. The van der Waals surface area contributed by atoms with Crippen molar-refractivity contribution in [2.24, 2.45) is 0 Å².